The second-order valence-electron chi connectivity index (χ2n) is 8.89. The summed E-state index contributed by atoms with van der Waals surface area (Å²) in [5, 5.41) is 0. The molecule has 1 saturated carbocycles. The van der Waals surface area contributed by atoms with Gasteiger partial charge in [0.05, 0.1) is 5.92 Å². The van der Waals surface area contributed by atoms with Crippen LogP contribution in [-0.2, 0) is 4.79 Å². The predicted molar refractivity (Wildman–Crippen MR) is 110 cm³/mol. The lowest BCUT2D eigenvalue weighted by molar-refractivity contribution is -0.135. The third-order valence-corrected chi connectivity index (χ3v) is 7.30. The first-order valence-corrected chi connectivity index (χ1v) is 10.9. The molecule has 4 heteroatoms. The van der Waals surface area contributed by atoms with Crippen LogP contribution in [0.25, 0.3) is 0 Å². The highest BCUT2D eigenvalue weighted by Crippen LogP contribution is 2.45. The molecular formula is C23H35N3O. The first-order chi connectivity index (χ1) is 13.1. The Labute approximate surface area is 164 Å². The van der Waals surface area contributed by atoms with Crippen LogP contribution < -0.4 is 0 Å². The Balaban J connectivity index is 1.37. The summed E-state index contributed by atoms with van der Waals surface area (Å²) in [5.41, 5.74) is 1.38. The number of benzene rings is 1. The fraction of sp³-hybridized carbons (Fsp3) is 0.696. The van der Waals surface area contributed by atoms with Gasteiger partial charge in [-0.1, -0.05) is 43.2 Å². The Hall–Kier alpha value is -1.39. The number of rotatable bonds is 6. The summed E-state index contributed by atoms with van der Waals surface area (Å²) in [6.45, 7) is 2.99. The number of carbonyl (C=O) groups excluding carboxylic acids is 1. The Morgan fingerprint density at radius 2 is 1.78 bits per heavy atom. The van der Waals surface area contributed by atoms with Gasteiger partial charge < -0.3 is 9.80 Å². The van der Waals surface area contributed by atoms with Crippen LogP contribution in [0, 0.1) is 5.92 Å². The second-order valence-corrected chi connectivity index (χ2v) is 8.89. The predicted octanol–water partition coefficient (Wildman–Crippen LogP) is 3.54. The Kier molecular flexibility index (Phi) is 5.84. The van der Waals surface area contributed by atoms with E-state index in [4.69, 9.17) is 0 Å². The molecule has 2 aliphatic heterocycles. The van der Waals surface area contributed by atoms with Crippen molar-refractivity contribution in [3.8, 4) is 0 Å². The summed E-state index contributed by atoms with van der Waals surface area (Å²) in [6, 6.07) is 12.4. The zero-order valence-corrected chi connectivity index (χ0v) is 17.0. The smallest absolute Gasteiger partial charge is 0.227 e. The molecule has 4 nitrogen and oxygen atoms in total. The number of hydrogen-bond donors (Lipinski definition) is 0. The zero-order valence-electron chi connectivity index (χ0n) is 17.0. The van der Waals surface area contributed by atoms with Crippen LogP contribution in [0.2, 0.25) is 0 Å². The minimum atomic E-state index is 0.166. The molecule has 1 aromatic carbocycles. The average Bonchev–Trinajstić information content (AvgIpc) is 3.43. The van der Waals surface area contributed by atoms with Gasteiger partial charge in [-0.3, -0.25) is 9.69 Å². The highest BCUT2D eigenvalue weighted by atomic mass is 16.2. The first kappa shape index (κ1) is 18.9. The first-order valence-electron chi connectivity index (χ1n) is 10.9. The maximum Gasteiger partial charge on any atom is 0.227 e. The summed E-state index contributed by atoms with van der Waals surface area (Å²) < 4.78 is 0. The maximum absolute atomic E-state index is 13.3. The van der Waals surface area contributed by atoms with E-state index in [-0.39, 0.29) is 5.92 Å². The van der Waals surface area contributed by atoms with Gasteiger partial charge in [-0.2, -0.15) is 0 Å². The monoisotopic (exact) mass is 369 g/mol. The molecule has 3 fully saturated rings. The highest BCUT2D eigenvalue weighted by Gasteiger charge is 2.47. The average molecular weight is 370 g/mol. The summed E-state index contributed by atoms with van der Waals surface area (Å²) >= 11 is 0. The molecule has 2 saturated heterocycles. The van der Waals surface area contributed by atoms with E-state index in [1.165, 1.54) is 44.1 Å². The van der Waals surface area contributed by atoms with Crippen LogP contribution >= 0.6 is 0 Å². The van der Waals surface area contributed by atoms with Crippen molar-refractivity contribution in [2.45, 2.75) is 63.1 Å². The van der Waals surface area contributed by atoms with Crippen molar-refractivity contribution in [3.05, 3.63) is 35.9 Å². The van der Waals surface area contributed by atoms with Crippen LogP contribution in [0.4, 0.5) is 0 Å². The lowest BCUT2D eigenvalue weighted by Gasteiger charge is -2.29. The second kappa shape index (κ2) is 8.32. The molecular weight excluding hydrogens is 334 g/mol. The van der Waals surface area contributed by atoms with Crippen LogP contribution in [0.1, 0.15) is 56.6 Å². The SMILES string of the molecule is CN(CCN(C)C1CCCC1)C(=O)[C@@H]1C[C@H](c2ccccc2)N2CCC[C@@H]12. The fourth-order valence-electron chi connectivity index (χ4n) is 5.66. The van der Waals surface area contributed by atoms with Crippen molar-refractivity contribution in [2.75, 3.05) is 33.7 Å². The van der Waals surface area contributed by atoms with Gasteiger partial charge in [0.15, 0.2) is 0 Å². The maximum atomic E-state index is 13.3. The van der Waals surface area contributed by atoms with Gasteiger partial charge in [-0.25, -0.2) is 0 Å². The molecule has 3 atom stereocenters. The molecule has 2 heterocycles. The zero-order chi connectivity index (χ0) is 18.8. The standard InChI is InChI=1S/C23H35N3O/c1-24(19-11-6-7-12-19)15-16-25(2)23(27)20-17-22(18-9-4-3-5-10-18)26-14-8-13-21(20)26/h3-5,9-10,19-22H,6-8,11-17H2,1-2H3/t20-,21+,22-/m1/s1. The third-order valence-electron chi connectivity index (χ3n) is 7.30. The molecule has 1 aliphatic carbocycles. The summed E-state index contributed by atoms with van der Waals surface area (Å²) in [4.78, 5) is 20.4. The summed E-state index contributed by atoms with van der Waals surface area (Å²) in [6.07, 6.45) is 8.77. The summed E-state index contributed by atoms with van der Waals surface area (Å²) in [7, 11) is 4.24. The Bertz CT molecular complexity index is 628. The molecule has 1 amide bonds. The molecule has 0 aromatic heterocycles. The van der Waals surface area contributed by atoms with E-state index in [0.29, 0.717) is 18.0 Å². The molecule has 27 heavy (non-hydrogen) atoms. The molecule has 1 aromatic rings. The lowest BCUT2D eigenvalue weighted by atomic mass is 9.93. The van der Waals surface area contributed by atoms with E-state index in [1.54, 1.807) is 0 Å². The number of carbonyl (C=O) groups is 1. The number of hydrogen-bond acceptors (Lipinski definition) is 3. The third kappa shape index (κ3) is 3.93. The van der Waals surface area contributed by atoms with Gasteiger partial charge in [0.25, 0.3) is 0 Å². The quantitative estimate of drug-likeness (QED) is 0.767. The van der Waals surface area contributed by atoms with Gasteiger partial charge >= 0.3 is 0 Å². The number of likely N-dealkylation sites (N-methyl/N-ethyl adjacent to an activating group) is 2. The Morgan fingerprint density at radius 1 is 1.04 bits per heavy atom. The molecule has 4 rings (SSSR count). The van der Waals surface area contributed by atoms with Gasteiger partial charge in [0.1, 0.15) is 0 Å². The number of nitrogens with zero attached hydrogens (tertiary/aromatic N) is 3. The van der Waals surface area contributed by atoms with E-state index < -0.39 is 0 Å². The van der Waals surface area contributed by atoms with Gasteiger partial charge in [0, 0.05) is 38.3 Å². The minimum Gasteiger partial charge on any atom is -0.344 e. The van der Waals surface area contributed by atoms with Gasteiger partial charge in [0.2, 0.25) is 5.91 Å². The van der Waals surface area contributed by atoms with Crippen molar-refractivity contribution >= 4 is 5.91 Å². The highest BCUT2D eigenvalue weighted by molar-refractivity contribution is 5.80. The van der Waals surface area contributed by atoms with E-state index in [1.807, 2.05) is 11.9 Å². The normalized spacial score (nSPS) is 28.8. The fourth-order valence-corrected chi connectivity index (χ4v) is 5.66. The van der Waals surface area contributed by atoms with Crippen molar-refractivity contribution in [1.82, 2.24) is 14.7 Å². The topological polar surface area (TPSA) is 26.8 Å². The van der Waals surface area contributed by atoms with E-state index in [2.05, 4.69) is 47.2 Å². The van der Waals surface area contributed by atoms with Crippen molar-refractivity contribution in [3.63, 3.8) is 0 Å². The lowest BCUT2D eigenvalue weighted by Crippen LogP contribution is -2.42. The van der Waals surface area contributed by atoms with Gasteiger partial charge in [-0.05, 0) is 51.3 Å². The molecule has 0 N–H and O–H groups in total. The van der Waals surface area contributed by atoms with Gasteiger partial charge in [-0.15, -0.1) is 0 Å². The molecule has 0 radical (unpaired) electrons. The van der Waals surface area contributed by atoms with E-state index in [0.717, 1.165) is 32.1 Å². The van der Waals surface area contributed by atoms with E-state index in [9.17, 15) is 4.79 Å². The van der Waals surface area contributed by atoms with Crippen molar-refractivity contribution in [2.24, 2.45) is 5.92 Å². The number of amides is 1. The molecule has 0 spiro atoms. The minimum absolute atomic E-state index is 0.166. The van der Waals surface area contributed by atoms with Crippen LogP contribution in [0.15, 0.2) is 30.3 Å². The van der Waals surface area contributed by atoms with E-state index >= 15 is 0 Å². The molecule has 3 aliphatic rings. The van der Waals surface area contributed by atoms with Crippen LogP contribution in [-0.4, -0.2) is 66.4 Å². The summed E-state index contributed by atoms with van der Waals surface area (Å²) in [5.74, 6) is 0.532. The molecule has 0 unspecified atom stereocenters. The van der Waals surface area contributed by atoms with Crippen LogP contribution in [0.5, 0.6) is 0 Å². The number of fused-ring (bicyclic) bond motifs is 1. The molecule has 148 valence electrons. The Morgan fingerprint density at radius 3 is 2.52 bits per heavy atom. The largest absolute Gasteiger partial charge is 0.344 e. The van der Waals surface area contributed by atoms with Crippen molar-refractivity contribution in [1.29, 1.82) is 0 Å². The molecule has 0 bridgehead atoms. The van der Waals surface area contributed by atoms with Crippen LogP contribution in [0.3, 0.4) is 0 Å². The van der Waals surface area contributed by atoms with Crippen molar-refractivity contribution < 1.29 is 4.79 Å².